The first-order chi connectivity index (χ1) is 7.27. The Kier molecular flexibility index (Phi) is 11.2. The molecule has 0 saturated carbocycles. The molecule has 0 rings (SSSR count). The number of hydrogen-bond acceptors (Lipinski definition) is 0. The summed E-state index contributed by atoms with van der Waals surface area (Å²) in [5.74, 6) is 0.682. The van der Waals surface area contributed by atoms with Crippen LogP contribution < -0.4 is 0 Å². The molecule has 0 aromatic heterocycles. The van der Waals surface area contributed by atoms with Gasteiger partial charge in [-0.3, -0.25) is 0 Å². The SMILES string of the molecule is [CH2]CCCCCC/C=C/C/C=C/C(C)C. The molecule has 0 spiro atoms. The fourth-order valence-corrected chi connectivity index (χ4v) is 1.44. The molecule has 0 bridgehead atoms. The average molecular weight is 207 g/mol. The van der Waals surface area contributed by atoms with Crippen molar-refractivity contribution in [3.63, 3.8) is 0 Å². The maximum atomic E-state index is 3.85. The second kappa shape index (κ2) is 11.6. The lowest BCUT2D eigenvalue weighted by atomic mass is 10.1. The van der Waals surface area contributed by atoms with Crippen LogP contribution in [0.15, 0.2) is 24.3 Å². The van der Waals surface area contributed by atoms with Gasteiger partial charge in [0.25, 0.3) is 0 Å². The Bertz CT molecular complexity index is 163. The fraction of sp³-hybridized carbons (Fsp3) is 0.667. The third kappa shape index (κ3) is 13.5. The number of unbranched alkanes of at least 4 members (excludes halogenated alkanes) is 5. The second-order valence-corrected chi connectivity index (χ2v) is 4.44. The first-order valence-corrected chi connectivity index (χ1v) is 6.38. The van der Waals surface area contributed by atoms with Crippen LogP contribution in [0.5, 0.6) is 0 Å². The van der Waals surface area contributed by atoms with Gasteiger partial charge in [-0.05, 0) is 25.2 Å². The van der Waals surface area contributed by atoms with E-state index in [1.807, 2.05) is 0 Å². The van der Waals surface area contributed by atoms with Gasteiger partial charge in [0.1, 0.15) is 0 Å². The minimum absolute atomic E-state index is 0.682. The number of hydrogen-bond donors (Lipinski definition) is 0. The van der Waals surface area contributed by atoms with Crippen molar-refractivity contribution in [1.82, 2.24) is 0 Å². The lowest BCUT2D eigenvalue weighted by molar-refractivity contribution is 0.651. The van der Waals surface area contributed by atoms with Crippen LogP contribution >= 0.6 is 0 Å². The summed E-state index contributed by atoms with van der Waals surface area (Å²) in [6.07, 6.45) is 17.9. The van der Waals surface area contributed by atoms with Crippen LogP contribution in [0.3, 0.4) is 0 Å². The Balaban J connectivity index is 3.17. The zero-order valence-corrected chi connectivity index (χ0v) is 10.5. The van der Waals surface area contributed by atoms with Crippen LogP contribution in [0.4, 0.5) is 0 Å². The van der Waals surface area contributed by atoms with Crippen molar-refractivity contribution in [2.45, 2.75) is 58.8 Å². The maximum absolute atomic E-state index is 3.85. The van der Waals surface area contributed by atoms with Gasteiger partial charge in [0, 0.05) is 0 Å². The van der Waals surface area contributed by atoms with E-state index < -0.39 is 0 Å². The van der Waals surface area contributed by atoms with E-state index >= 15 is 0 Å². The van der Waals surface area contributed by atoms with Crippen molar-refractivity contribution >= 4 is 0 Å². The highest BCUT2D eigenvalue weighted by molar-refractivity contribution is 4.93. The van der Waals surface area contributed by atoms with E-state index in [4.69, 9.17) is 0 Å². The largest absolute Gasteiger partial charge is 0.0882 e. The molecule has 0 heterocycles. The summed E-state index contributed by atoms with van der Waals surface area (Å²) in [5, 5.41) is 0. The molecule has 0 heteroatoms. The van der Waals surface area contributed by atoms with E-state index in [9.17, 15) is 0 Å². The molecule has 0 aromatic rings. The highest BCUT2D eigenvalue weighted by Gasteiger charge is 1.86. The normalized spacial score (nSPS) is 12.3. The van der Waals surface area contributed by atoms with Crippen LogP contribution in [0.1, 0.15) is 58.8 Å². The molecule has 87 valence electrons. The molecule has 0 amide bonds. The summed E-state index contributed by atoms with van der Waals surface area (Å²) in [6.45, 7) is 8.27. The lowest BCUT2D eigenvalue weighted by Gasteiger charge is -1.95. The third-order valence-corrected chi connectivity index (χ3v) is 2.33. The van der Waals surface area contributed by atoms with Crippen LogP contribution in [-0.4, -0.2) is 0 Å². The van der Waals surface area contributed by atoms with Gasteiger partial charge in [0.2, 0.25) is 0 Å². The van der Waals surface area contributed by atoms with Gasteiger partial charge < -0.3 is 0 Å². The van der Waals surface area contributed by atoms with Gasteiger partial charge in [-0.2, -0.15) is 0 Å². The first-order valence-electron chi connectivity index (χ1n) is 6.38. The Morgan fingerprint density at radius 1 is 0.933 bits per heavy atom. The molecule has 0 unspecified atom stereocenters. The summed E-state index contributed by atoms with van der Waals surface area (Å²) in [6, 6.07) is 0. The summed E-state index contributed by atoms with van der Waals surface area (Å²) in [4.78, 5) is 0. The molecule has 0 fully saturated rings. The van der Waals surface area contributed by atoms with Crippen molar-refractivity contribution in [3.05, 3.63) is 31.2 Å². The van der Waals surface area contributed by atoms with Crippen LogP contribution in [0.25, 0.3) is 0 Å². The molecule has 0 N–H and O–H groups in total. The quantitative estimate of drug-likeness (QED) is 0.354. The monoisotopic (exact) mass is 207 g/mol. The molecule has 0 aromatic carbocycles. The molecule has 0 saturated heterocycles. The van der Waals surface area contributed by atoms with Gasteiger partial charge in [-0.1, -0.05) is 70.8 Å². The summed E-state index contributed by atoms with van der Waals surface area (Å²) in [5.41, 5.74) is 0. The molecular formula is C15H27. The van der Waals surface area contributed by atoms with E-state index in [-0.39, 0.29) is 0 Å². The molecule has 0 aliphatic heterocycles. The van der Waals surface area contributed by atoms with Crippen molar-refractivity contribution in [3.8, 4) is 0 Å². The van der Waals surface area contributed by atoms with Crippen LogP contribution in [-0.2, 0) is 0 Å². The zero-order chi connectivity index (χ0) is 11.4. The Labute approximate surface area is 96.5 Å². The highest BCUT2D eigenvalue weighted by Crippen LogP contribution is 2.05. The summed E-state index contributed by atoms with van der Waals surface area (Å²) >= 11 is 0. The highest BCUT2D eigenvalue weighted by atomic mass is 13.9. The first kappa shape index (κ1) is 14.5. The smallest absolute Gasteiger partial charge is 0.0169 e. The minimum Gasteiger partial charge on any atom is -0.0882 e. The van der Waals surface area contributed by atoms with Crippen molar-refractivity contribution in [2.24, 2.45) is 5.92 Å². The average Bonchev–Trinajstić information content (AvgIpc) is 2.20. The standard InChI is InChI=1S/C15H27/c1-4-5-6-7-8-9-10-11-12-13-14-15(2)3/h10-11,13-15H,1,4-9,12H2,2-3H3/b11-10+,14-13+. The predicted octanol–water partition coefficient (Wildman–Crippen LogP) is 5.32. The lowest BCUT2D eigenvalue weighted by Crippen LogP contribution is -1.77. The van der Waals surface area contributed by atoms with Crippen LogP contribution in [0, 0.1) is 12.8 Å². The van der Waals surface area contributed by atoms with Gasteiger partial charge >= 0.3 is 0 Å². The predicted molar refractivity (Wildman–Crippen MR) is 70.8 cm³/mol. The summed E-state index contributed by atoms with van der Waals surface area (Å²) < 4.78 is 0. The van der Waals surface area contributed by atoms with Crippen molar-refractivity contribution in [2.75, 3.05) is 0 Å². The molecular weight excluding hydrogens is 180 g/mol. The molecule has 0 aliphatic rings. The summed E-state index contributed by atoms with van der Waals surface area (Å²) in [7, 11) is 0. The van der Waals surface area contributed by atoms with E-state index in [1.165, 1.54) is 32.1 Å². The Morgan fingerprint density at radius 3 is 2.33 bits per heavy atom. The molecule has 0 aliphatic carbocycles. The number of allylic oxidation sites excluding steroid dienone is 4. The second-order valence-electron chi connectivity index (χ2n) is 4.44. The van der Waals surface area contributed by atoms with Crippen molar-refractivity contribution in [1.29, 1.82) is 0 Å². The minimum atomic E-state index is 0.682. The van der Waals surface area contributed by atoms with E-state index in [0.717, 1.165) is 12.8 Å². The van der Waals surface area contributed by atoms with Gasteiger partial charge in [0.05, 0.1) is 0 Å². The Morgan fingerprint density at radius 2 is 1.67 bits per heavy atom. The molecule has 0 nitrogen and oxygen atoms in total. The van der Waals surface area contributed by atoms with E-state index in [1.54, 1.807) is 0 Å². The number of rotatable bonds is 9. The third-order valence-electron chi connectivity index (χ3n) is 2.33. The topological polar surface area (TPSA) is 0 Å². The molecule has 1 radical (unpaired) electrons. The molecule has 0 atom stereocenters. The van der Waals surface area contributed by atoms with Crippen molar-refractivity contribution < 1.29 is 0 Å². The van der Waals surface area contributed by atoms with Crippen LogP contribution in [0.2, 0.25) is 0 Å². The van der Waals surface area contributed by atoms with Gasteiger partial charge in [0.15, 0.2) is 0 Å². The van der Waals surface area contributed by atoms with E-state index in [2.05, 4.69) is 45.1 Å². The van der Waals surface area contributed by atoms with Gasteiger partial charge in [-0.25, -0.2) is 0 Å². The van der Waals surface area contributed by atoms with E-state index in [0.29, 0.717) is 5.92 Å². The maximum Gasteiger partial charge on any atom is -0.0169 e. The Hall–Kier alpha value is -0.520. The van der Waals surface area contributed by atoms with Gasteiger partial charge in [-0.15, -0.1) is 0 Å². The fourth-order valence-electron chi connectivity index (χ4n) is 1.44. The zero-order valence-electron chi connectivity index (χ0n) is 10.5. The molecule has 15 heavy (non-hydrogen) atoms.